The van der Waals surface area contributed by atoms with Crippen LogP contribution in [0.15, 0.2) is 10.4 Å². The van der Waals surface area contributed by atoms with Gasteiger partial charge >= 0.3 is 12.1 Å². The number of alkyl halides is 3. The molecule has 0 amide bonds. The molecule has 0 saturated carbocycles. The molecular weight excluding hydrogens is 333 g/mol. The van der Waals surface area contributed by atoms with Gasteiger partial charge in [0.1, 0.15) is 6.54 Å². The number of rotatable bonds is 6. The quantitative estimate of drug-likeness (QED) is 0.850. The third-order valence-corrected chi connectivity index (χ3v) is 4.94. The Hall–Kier alpha value is -1.20. The van der Waals surface area contributed by atoms with Crippen LogP contribution in [0.3, 0.4) is 0 Å². The van der Waals surface area contributed by atoms with Crippen LogP contribution in [-0.4, -0.2) is 41.9 Å². The van der Waals surface area contributed by atoms with E-state index in [4.69, 9.17) is 5.11 Å². The molecule has 21 heavy (non-hydrogen) atoms. The van der Waals surface area contributed by atoms with Crippen LogP contribution in [-0.2, 0) is 21.0 Å². The molecule has 11 heteroatoms. The third-order valence-electron chi connectivity index (χ3n) is 2.21. The lowest BCUT2D eigenvalue weighted by atomic mass is 10.2. The normalized spacial score (nSPS) is 13.1. The van der Waals surface area contributed by atoms with E-state index in [1.54, 1.807) is 13.8 Å². The van der Waals surface area contributed by atoms with Crippen LogP contribution < -0.4 is 0 Å². The summed E-state index contributed by atoms with van der Waals surface area (Å²) in [6.07, 6.45) is -4.74. The molecule has 0 radical (unpaired) electrons. The molecule has 0 aromatic carbocycles. The van der Waals surface area contributed by atoms with E-state index in [2.05, 4.69) is 4.98 Å². The van der Waals surface area contributed by atoms with Crippen molar-refractivity contribution in [3.8, 4) is 0 Å². The van der Waals surface area contributed by atoms with Gasteiger partial charge in [-0.3, -0.25) is 4.79 Å². The topological polar surface area (TPSA) is 87.6 Å². The zero-order valence-electron chi connectivity index (χ0n) is 11.1. The lowest BCUT2D eigenvalue weighted by Gasteiger charge is -2.20. The number of halogens is 3. The molecule has 1 aromatic rings. The first-order valence-electron chi connectivity index (χ1n) is 5.69. The number of thiazole rings is 1. The van der Waals surface area contributed by atoms with Crippen molar-refractivity contribution in [1.29, 1.82) is 0 Å². The zero-order valence-corrected chi connectivity index (χ0v) is 12.7. The summed E-state index contributed by atoms with van der Waals surface area (Å²) in [5.74, 6) is -1.59. The summed E-state index contributed by atoms with van der Waals surface area (Å²) in [7, 11) is -4.38. The van der Waals surface area contributed by atoms with Crippen LogP contribution in [0, 0.1) is 5.92 Å². The molecule has 0 unspecified atom stereocenters. The summed E-state index contributed by atoms with van der Waals surface area (Å²) < 4.78 is 62.3. The Kier molecular flexibility index (Phi) is 5.34. The fourth-order valence-electron chi connectivity index (χ4n) is 1.45. The number of hydrogen-bond donors (Lipinski definition) is 1. The summed E-state index contributed by atoms with van der Waals surface area (Å²) >= 11 is 0.149. The maximum Gasteiger partial charge on any atom is 0.443 e. The van der Waals surface area contributed by atoms with Crippen molar-refractivity contribution in [3.05, 3.63) is 10.4 Å². The molecule has 0 bridgehead atoms. The van der Waals surface area contributed by atoms with Gasteiger partial charge in [0.2, 0.25) is 0 Å². The highest BCUT2D eigenvalue weighted by atomic mass is 32.2. The van der Waals surface area contributed by atoms with Crippen LogP contribution in [0.5, 0.6) is 0 Å². The van der Waals surface area contributed by atoms with Crippen molar-refractivity contribution in [2.24, 2.45) is 5.92 Å². The number of carboxylic acid groups (broad SMARTS) is 1. The van der Waals surface area contributed by atoms with Gasteiger partial charge in [-0.15, -0.1) is 11.3 Å². The zero-order chi connectivity index (χ0) is 16.4. The Morgan fingerprint density at radius 3 is 2.43 bits per heavy atom. The summed E-state index contributed by atoms with van der Waals surface area (Å²) in [5.41, 5.74) is 0. The standard InChI is InChI=1S/C10H13F3N2O4S2/c1-6(2)3-15(4-8(16)17)21(18,19)7-5-20-9(14-7)10(11,12)13/h5-6H,3-4H2,1-2H3,(H,16,17). The molecule has 1 aromatic heterocycles. The van der Waals surface area contributed by atoms with E-state index in [9.17, 15) is 26.4 Å². The highest BCUT2D eigenvalue weighted by Gasteiger charge is 2.37. The van der Waals surface area contributed by atoms with Crippen molar-refractivity contribution < 1.29 is 31.5 Å². The molecule has 6 nitrogen and oxygen atoms in total. The number of aromatic nitrogens is 1. The minimum absolute atomic E-state index is 0.131. The fourth-order valence-corrected chi connectivity index (χ4v) is 3.93. The van der Waals surface area contributed by atoms with Crippen molar-refractivity contribution in [2.75, 3.05) is 13.1 Å². The van der Waals surface area contributed by atoms with Gasteiger partial charge in [0.25, 0.3) is 10.0 Å². The van der Waals surface area contributed by atoms with Crippen LogP contribution in [0.1, 0.15) is 18.9 Å². The third kappa shape index (κ3) is 4.64. The van der Waals surface area contributed by atoms with Gasteiger partial charge in [0.05, 0.1) is 0 Å². The van der Waals surface area contributed by atoms with Gasteiger partial charge in [0, 0.05) is 11.9 Å². The number of hydrogen-bond acceptors (Lipinski definition) is 5. The highest BCUT2D eigenvalue weighted by Crippen LogP contribution is 2.33. The molecule has 0 fully saturated rings. The lowest BCUT2D eigenvalue weighted by molar-refractivity contribution is -0.138. The van der Waals surface area contributed by atoms with Gasteiger partial charge in [-0.2, -0.15) is 17.5 Å². The molecule has 1 heterocycles. The second-order valence-electron chi connectivity index (χ2n) is 4.57. The molecule has 120 valence electrons. The Morgan fingerprint density at radius 1 is 1.48 bits per heavy atom. The molecule has 1 N–H and O–H groups in total. The van der Waals surface area contributed by atoms with Gasteiger partial charge in [0.15, 0.2) is 10.0 Å². The van der Waals surface area contributed by atoms with Gasteiger partial charge in [-0.05, 0) is 5.92 Å². The average molecular weight is 346 g/mol. The van der Waals surface area contributed by atoms with E-state index in [0.29, 0.717) is 4.31 Å². The first-order valence-corrected chi connectivity index (χ1v) is 8.01. The second-order valence-corrected chi connectivity index (χ2v) is 7.32. The Bertz CT molecular complexity index is 610. The lowest BCUT2D eigenvalue weighted by Crippen LogP contribution is -2.38. The smallest absolute Gasteiger partial charge is 0.443 e. The van der Waals surface area contributed by atoms with E-state index in [-0.39, 0.29) is 23.8 Å². The molecule has 0 atom stereocenters. The molecule has 1 rings (SSSR count). The van der Waals surface area contributed by atoms with Crippen molar-refractivity contribution in [3.63, 3.8) is 0 Å². The van der Waals surface area contributed by atoms with Crippen molar-refractivity contribution >= 4 is 27.3 Å². The maximum absolute atomic E-state index is 12.5. The highest BCUT2D eigenvalue weighted by molar-refractivity contribution is 7.89. The molecule has 0 aliphatic heterocycles. The van der Waals surface area contributed by atoms with Crippen LogP contribution in [0.4, 0.5) is 13.2 Å². The monoisotopic (exact) mass is 346 g/mol. The van der Waals surface area contributed by atoms with E-state index in [0.717, 1.165) is 5.38 Å². The molecule has 0 spiro atoms. The molecular formula is C10H13F3N2O4S2. The van der Waals surface area contributed by atoms with Crippen LogP contribution in [0.2, 0.25) is 0 Å². The Morgan fingerprint density at radius 2 is 2.05 bits per heavy atom. The number of nitrogens with zero attached hydrogens (tertiary/aromatic N) is 2. The predicted molar refractivity (Wildman–Crippen MR) is 68.3 cm³/mol. The SMILES string of the molecule is CC(C)CN(CC(=O)O)S(=O)(=O)c1csc(C(F)(F)F)n1. The minimum Gasteiger partial charge on any atom is -0.480 e. The summed E-state index contributed by atoms with van der Waals surface area (Å²) in [5, 5.41) is 7.41. The van der Waals surface area contributed by atoms with Crippen molar-refractivity contribution in [1.82, 2.24) is 9.29 Å². The van der Waals surface area contributed by atoms with E-state index >= 15 is 0 Å². The van der Waals surface area contributed by atoms with Crippen LogP contribution in [0.25, 0.3) is 0 Å². The van der Waals surface area contributed by atoms with Gasteiger partial charge < -0.3 is 5.11 Å². The fraction of sp³-hybridized carbons (Fsp3) is 0.600. The largest absolute Gasteiger partial charge is 0.480 e. The molecule has 0 saturated heterocycles. The van der Waals surface area contributed by atoms with E-state index < -0.39 is 38.7 Å². The number of carbonyl (C=O) groups is 1. The number of aliphatic carboxylic acids is 1. The average Bonchev–Trinajstić information content (AvgIpc) is 2.75. The first-order chi connectivity index (χ1) is 9.44. The summed E-state index contributed by atoms with van der Waals surface area (Å²) in [6, 6.07) is 0. The van der Waals surface area contributed by atoms with Gasteiger partial charge in [-0.25, -0.2) is 13.4 Å². The molecule has 0 aliphatic carbocycles. The Balaban J connectivity index is 3.16. The summed E-state index contributed by atoms with van der Waals surface area (Å²) in [6.45, 7) is 2.35. The maximum atomic E-state index is 12.5. The molecule has 0 aliphatic rings. The van der Waals surface area contributed by atoms with Crippen molar-refractivity contribution in [2.45, 2.75) is 25.0 Å². The van der Waals surface area contributed by atoms with Crippen LogP contribution >= 0.6 is 11.3 Å². The second kappa shape index (κ2) is 6.28. The number of sulfonamides is 1. The number of carboxylic acids is 1. The Labute approximate surface area is 123 Å². The summed E-state index contributed by atoms with van der Waals surface area (Å²) in [4.78, 5) is 13.8. The first kappa shape index (κ1) is 17.9. The minimum atomic E-state index is -4.74. The van der Waals surface area contributed by atoms with E-state index in [1.165, 1.54) is 0 Å². The van der Waals surface area contributed by atoms with E-state index in [1.807, 2.05) is 0 Å². The van der Waals surface area contributed by atoms with Gasteiger partial charge in [-0.1, -0.05) is 13.8 Å². The predicted octanol–water partition coefficient (Wildman–Crippen LogP) is 1.89.